The molecule has 1 saturated carbocycles. The summed E-state index contributed by atoms with van der Waals surface area (Å²) in [5.74, 6) is 1.23. The number of ether oxygens (including phenoxy) is 2. The molecule has 2 rings (SSSR count). The van der Waals surface area contributed by atoms with Crippen molar-refractivity contribution in [3.8, 4) is 5.75 Å². The Kier molecular flexibility index (Phi) is 5.44. The maximum Gasteiger partial charge on any atom is 0.188 e. The van der Waals surface area contributed by atoms with E-state index in [0.717, 1.165) is 12.8 Å². The van der Waals surface area contributed by atoms with E-state index in [-0.39, 0.29) is 18.5 Å². The second-order valence-electron chi connectivity index (χ2n) is 5.48. The van der Waals surface area contributed by atoms with E-state index in [1.54, 1.807) is 25.3 Å². The Morgan fingerprint density at radius 3 is 2.85 bits per heavy atom. The smallest absolute Gasteiger partial charge is 0.188 e. The van der Waals surface area contributed by atoms with E-state index in [1.165, 1.54) is 12.8 Å². The first-order chi connectivity index (χ1) is 9.60. The van der Waals surface area contributed by atoms with Crippen molar-refractivity contribution in [2.75, 3.05) is 13.7 Å². The quantitative estimate of drug-likeness (QED) is 0.767. The van der Waals surface area contributed by atoms with Crippen LogP contribution in [0.5, 0.6) is 5.75 Å². The van der Waals surface area contributed by atoms with Crippen LogP contribution in [0.3, 0.4) is 0 Å². The van der Waals surface area contributed by atoms with E-state index in [9.17, 15) is 4.79 Å². The Hall–Kier alpha value is -1.06. The monoisotopic (exact) mass is 296 g/mol. The van der Waals surface area contributed by atoms with E-state index in [1.807, 2.05) is 0 Å². The van der Waals surface area contributed by atoms with Gasteiger partial charge in [0, 0.05) is 5.56 Å². The minimum Gasteiger partial charge on any atom is -0.495 e. The van der Waals surface area contributed by atoms with Crippen LogP contribution in [0.15, 0.2) is 18.2 Å². The van der Waals surface area contributed by atoms with E-state index in [0.29, 0.717) is 22.3 Å². The molecule has 0 radical (unpaired) electrons. The third-order valence-corrected chi connectivity index (χ3v) is 4.11. The van der Waals surface area contributed by atoms with Crippen molar-refractivity contribution in [1.82, 2.24) is 0 Å². The summed E-state index contributed by atoms with van der Waals surface area (Å²) in [5.41, 5.74) is 0.569. The van der Waals surface area contributed by atoms with Gasteiger partial charge in [-0.05, 0) is 37.0 Å². The van der Waals surface area contributed by atoms with Crippen LogP contribution in [0.1, 0.15) is 43.0 Å². The number of benzene rings is 1. The van der Waals surface area contributed by atoms with Crippen LogP contribution in [0.2, 0.25) is 5.02 Å². The van der Waals surface area contributed by atoms with Gasteiger partial charge in [0.1, 0.15) is 12.4 Å². The second kappa shape index (κ2) is 7.09. The molecule has 1 aromatic rings. The average Bonchev–Trinajstić information content (AvgIpc) is 2.44. The number of carbonyl (C=O) groups is 1. The van der Waals surface area contributed by atoms with Gasteiger partial charge >= 0.3 is 0 Å². The first-order valence-electron chi connectivity index (χ1n) is 7.08. The topological polar surface area (TPSA) is 35.5 Å². The van der Waals surface area contributed by atoms with Gasteiger partial charge < -0.3 is 9.47 Å². The summed E-state index contributed by atoms with van der Waals surface area (Å²) in [6.07, 6.45) is 4.78. The molecule has 20 heavy (non-hydrogen) atoms. The molecule has 0 bridgehead atoms. The highest BCUT2D eigenvalue weighted by Crippen LogP contribution is 2.27. The van der Waals surface area contributed by atoms with E-state index >= 15 is 0 Å². The maximum atomic E-state index is 12.1. The van der Waals surface area contributed by atoms with Crippen molar-refractivity contribution < 1.29 is 14.3 Å². The van der Waals surface area contributed by atoms with Crippen LogP contribution < -0.4 is 4.74 Å². The number of hydrogen-bond donors (Lipinski definition) is 0. The van der Waals surface area contributed by atoms with Crippen LogP contribution in [-0.4, -0.2) is 25.6 Å². The Labute approximate surface area is 125 Å². The summed E-state index contributed by atoms with van der Waals surface area (Å²) in [4.78, 5) is 12.1. The summed E-state index contributed by atoms with van der Waals surface area (Å²) in [6, 6.07) is 5.06. The molecule has 1 aliphatic rings. The zero-order valence-corrected chi connectivity index (χ0v) is 12.8. The van der Waals surface area contributed by atoms with Crippen LogP contribution >= 0.6 is 11.6 Å². The molecule has 0 aromatic heterocycles. The van der Waals surface area contributed by atoms with Crippen molar-refractivity contribution in [3.05, 3.63) is 28.8 Å². The molecule has 0 saturated heterocycles. The molecule has 0 amide bonds. The maximum absolute atomic E-state index is 12.1. The van der Waals surface area contributed by atoms with Crippen LogP contribution in [0.4, 0.5) is 0 Å². The first-order valence-corrected chi connectivity index (χ1v) is 7.46. The number of methoxy groups -OCH3 is 1. The fraction of sp³-hybridized carbons (Fsp3) is 0.562. The number of halogens is 1. The molecule has 1 aromatic carbocycles. The minimum atomic E-state index is -0.0345. The van der Waals surface area contributed by atoms with Gasteiger partial charge in [-0.25, -0.2) is 0 Å². The lowest BCUT2D eigenvalue weighted by Crippen LogP contribution is -2.24. The van der Waals surface area contributed by atoms with Crippen molar-refractivity contribution in [2.24, 2.45) is 5.92 Å². The van der Waals surface area contributed by atoms with Gasteiger partial charge in [-0.2, -0.15) is 0 Å². The molecule has 1 fully saturated rings. The molecule has 2 unspecified atom stereocenters. The highest BCUT2D eigenvalue weighted by Gasteiger charge is 2.20. The Balaban J connectivity index is 1.90. The molecular weight excluding hydrogens is 276 g/mol. The van der Waals surface area contributed by atoms with Crippen LogP contribution in [0.25, 0.3) is 0 Å². The van der Waals surface area contributed by atoms with Gasteiger partial charge in [-0.15, -0.1) is 0 Å². The zero-order chi connectivity index (χ0) is 14.5. The molecule has 110 valence electrons. The van der Waals surface area contributed by atoms with E-state index in [4.69, 9.17) is 21.1 Å². The number of rotatable bonds is 5. The van der Waals surface area contributed by atoms with E-state index < -0.39 is 0 Å². The molecule has 0 aliphatic heterocycles. The number of ketones is 1. The van der Waals surface area contributed by atoms with Crippen molar-refractivity contribution in [3.63, 3.8) is 0 Å². The SMILES string of the molecule is COc1ccc(C(=O)COC2CCCC(C)C2)cc1Cl. The fourth-order valence-electron chi connectivity index (χ4n) is 2.65. The third-order valence-electron chi connectivity index (χ3n) is 3.81. The van der Waals surface area contributed by atoms with Gasteiger partial charge in [-0.1, -0.05) is 31.4 Å². The molecule has 0 spiro atoms. The van der Waals surface area contributed by atoms with E-state index in [2.05, 4.69) is 6.92 Å². The molecule has 4 heteroatoms. The Morgan fingerprint density at radius 2 is 2.20 bits per heavy atom. The first kappa shape index (κ1) is 15.3. The highest BCUT2D eigenvalue weighted by atomic mass is 35.5. The molecule has 1 aliphatic carbocycles. The van der Waals surface area contributed by atoms with Gasteiger partial charge in [0.15, 0.2) is 5.78 Å². The summed E-state index contributed by atoms with van der Waals surface area (Å²) < 4.78 is 10.8. The summed E-state index contributed by atoms with van der Waals surface area (Å²) in [6.45, 7) is 2.36. The second-order valence-corrected chi connectivity index (χ2v) is 5.88. The molecule has 3 nitrogen and oxygen atoms in total. The molecule has 2 atom stereocenters. The Morgan fingerprint density at radius 1 is 1.40 bits per heavy atom. The number of carbonyl (C=O) groups excluding carboxylic acids is 1. The summed E-state index contributed by atoms with van der Waals surface area (Å²) >= 11 is 6.02. The Bertz CT molecular complexity index is 473. The summed E-state index contributed by atoms with van der Waals surface area (Å²) in [5, 5.41) is 0.449. The van der Waals surface area contributed by atoms with Crippen molar-refractivity contribution in [2.45, 2.75) is 38.7 Å². The lowest BCUT2D eigenvalue weighted by molar-refractivity contribution is 0.0182. The fourth-order valence-corrected chi connectivity index (χ4v) is 2.90. The van der Waals surface area contributed by atoms with Gasteiger partial charge in [0.25, 0.3) is 0 Å². The predicted molar refractivity (Wildman–Crippen MR) is 79.7 cm³/mol. The number of hydrogen-bond acceptors (Lipinski definition) is 3. The van der Waals surface area contributed by atoms with Crippen molar-refractivity contribution >= 4 is 17.4 Å². The predicted octanol–water partition coefficient (Wildman–Crippen LogP) is 4.13. The third kappa shape index (κ3) is 3.97. The molecule has 0 N–H and O–H groups in total. The standard InChI is InChI=1S/C16H21ClO3/c1-11-4-3-5-13(8-11)20-10-15(18)12-6-7-16(19-2)14(17)9-12/h6-7,9,11,13H,3-5,8,10H2,1-2H3. The molecule has 0 heterocycles. The summed E-state index contributed by atoms with van der Waals surface area (Å²) in [7, 11) is 1.55. The number of Topliss-reactive ketones (excluding diaryl/α,β-unsaturated/α-hetero) is 1. The lowest BCUT2D eigenvalue weighted by Gasteiger charge is -2.26. The normalized spacial score (nSPS) is 22.6. The van der Waals surface area contributed by atoms with Crippen LogP contribution in [-0.2, 0) is 4.74 Å². The average molecular weight is 297 g/mol. The molecular formula is C16H21ClO3. The van der Waals surface area contributed by atoms with Crippen molar-refractivity contribution in [1.29, 1.82) is 0 Å². The largest absolute Gasteiger partial charge is 0.495 e. The lowest BCUT2D eigenvalue weighted by atomic mass is 9.89. The van der Waals surface area contributed by atoms with Crippen LogP contribution in [0, 0.1) is 5.92 Å². The van der Waals surface area contributed by atoms with Gasteiger partial charge in [-0.3, -0.25) is 4.79 Å². The minimum absolute atomic E-state index is 0.0345. The van der Waals surface area contributed by atoms with Gasteiger partial charge in [0.2, 0.25) is 0 Å². The van der Waals surface area contributed by atoms with Gasteiger partial charge in [0.05, 0.1) is 18.2 Å². The zero-order valence-electron chi connectivity index (χ0n) is 12.0. The highest BCUT2D eigenvalue weighted by molar-refractivity contribution is 6.32.